The molecule has 0 saturated heterocycles. The predicted molar refractivity (Wildman–Crippen MR) is 283 cm³/mol. The van der Waals surface area contributed by atoms with Crippen molar-refractivity contribution in [2.75, 3.05) is 13.2 Å². The van der Waals surface area contributed by atoms with Crippen molar-refractivity contribution in [3.8, 4) is 0 Å². The third-order valence-corrected chi connectivity index (χ3v) is 13.5. The second-order valence-electron chi connectivity index (χ2n) is 20.0. The fraction of sp³-hybridized carbons (Fsp3) is 0.898. The highest BCUT2D eigenvalue weighted by Gasteiger charge is 2.18. The van der Waals surface area contributed by atoms with Crippen molar-refractivity contribution in [2.45, 2.75) is 328 Å². The highest BCUT2D eigenvalue weighted by Crippen LogP contribution is 2.17. The molecule has 3 N–H and O–H groups in total. The van der Waals surface area contributed by atoms with Crippen LogP contribution in [0.3, 0.4) is 0 Å². The number of allylic oxidation sites excluding steroid dienone is 3. The molecule has 2 unspecified atom stereocenters. The quantitative estimate of drug-likeness (QED) is 0.0321. The van der Waals surface area contributed by atoms with Gasteiger partial charge in [-0.3, -0.25) is 9.59 Å². The van der Waals surface area contributed by atoms with Crippen molar-refractivity contribution in [1.82, 2.24) is 5.32 Å². The molecule has 0 aliphatic heterocycles. The van der Waals surface area contributed by atoms with Crippen LogP contribution in [-0.4, -0.2) is 47.4 Å². The molecule has 6 heteroatoms. The van der Waals surface area contributed by atoms with Crippen LogP contribution in [0.2, 0.25) is 0 Å². The van der Waals surface area contributed by atoms with Gasteiger partial charge in [0, 0.05) is 12.8 Å². The average molecular weight is 917 g/mol. The molecular formula is C59H113NO5. The van der Waals surface area contributed by atoms with Crippen LogP contribution in [0.4, 0.5) is 0 Å². The third-order valence-electron chi connectivity index (χ3n) is 13.5. The van der Waals surface area contributed by atoms with Crippen molar-refractivity contribution in [2.24, 2.45) is 0 Å². The number of carbonyl (C=O) groups excluding carboxylic acids is 2. The Labute approximate surface area is 405 Å². The van der Waals surface area contributed by atoms with E-state index in [1.807, 2.05) is 6.08 Å². The van der Waals surface area contributed by atoms with Gasteiger partial charge in [-0.25, -0.2) is 0 Å². The van der Waals surface area contributed by atoms with E-state index >= 15 is 0 Å². The van der Waals surface area contributed by atoms with Gasteiger partial charge in [0.05, 0.1) is 25.4 Å². The standard InChI is InChI=1S/C59H113NO5/c1-3-5-7-9-11-13-15-32-35-39-43-47-51-57(62)56(55-61)60-58(63)52-48-44-40-36-33-29-27-25-23-21-19-17-16-18-20-22-24-26-28-30-34-38-42-46-50-54-65-59(64)53-49-45-41-37-31-14-12-10-8-6-4-2/h10,12,47,51,56-57,61-62H,3-9,11,13-46,48-50,52-55H2,1-2H3,(H,60,63)/b12-10-,51-47+. The maximum Gasteiger partial charge on any atom is 0.305 e. The van der Waals surface area contributed by atoms with E-state index in [0.717, 1.165) is 44.9 Å². The Bertz CT molecular complexity index is 1010. The van der Waals surface area contributed by atoms with Gasteiger partial charge in [-0.05, 0) is 51.4 Å². The Morgan fingerprint density at radius 3 is 1.14 bits per heavy atom. The summed E-state index contributed by atoms with van der Waals surface area (Å²) in [7, 11) is 0. The zero-order valence-corrected chi connectivity index (χ0v) is 43.7. The predicted octanol–water partition coefficient (Wildman–Crippen LogP) is 17.9. The second-order valence-corrected chi connectivity index (χ2v) is 20.0. The van der Waals surface area contributed by atoms with Crippen LogP contribution in [0.25, 0.3) is 0 Å². The molecule has 0 rings (SSSR count). The van der Waals surface area contributed by atoms with Crippen LogP contribution in [0.1, 0.15) is 316 Å². The SMILES string of the molecule is CCCC/C=C\CCCCCCCC(=O)OCCCCCCCCCCCCCCCCCCCCCCCCCCCC(=O)NC(CO)C(O)/C=C/CCCCCCCCCCCC. The number of ether oxygens (including phenoxy) is 1. The fourth-order valence-corrected chi connectivity index (χ4v) is 8.97. The molecule has 0 aliphatic rings. The maximum absolute atomic E-state index is 12.4. The van der Waals surface area contributed by atoms with E-state index in [0.29, 0.717) is 19.4 Å². The third kappa shape index (κ3) is 51.6. The van der Waals surface area contributed by atoms with Gasteiger partial charge in [0.25, 0.3) is 0 Å². The zero-order chi connectivity index (χ0) is 47.2. The summed E-state index contributed by atoms with van der Waals surface area (Å²) in [4.78, 5) is 24.4. The molecular weight excluding hydrogens is 803 g/mol. The molecule has 384 valence electrons. The molecule has 0 fully saturated rings. The molecule has 2 atom stereocenters. The van der Waals surface area contributed by atoms with Crippen LogP contribution in [0.5, 0.6) is 0 Å². The molecule has 0 bridgehead atoms. The van der Waals surface area contributed by atoms with Crippen LogP contribution in [0.15, 0.2) is 24.3 Å². The lowest BCUT2D eigenvalue weighted by Gasteiger charge is -2.20. The monoisotopic (exact) mass is 916 g/mol. The van der Waals surface area contributed by atoms with Crippen LogP contribution >= 0.6 is 0 Å². The molecule has 1 amide bonds. The largest absolute Gasteiger partial charge is 0.466 e. The van der Waals surface area contributed by atoms with Gasteiger partial charge in [-0.1, -0.05) is 276 Å². The van der Waals surface area contributed by atoms with E-state index in [9.17, 15) is 19.8 Å². The number of hydrogen-bond acceptors (Lipinski definition) is 5. The highest BCUT2D eigenvalue weighted by molar-refractivity contribution is 5.76. The minimum atomic E-state index is -0.841. The topological polar surface area (TPSA) is 95.9 Å². The second kappa shape index (κ2) is 54.9. The molecule has 0 radical (unpaired) electrons. The lowest BCUT2D eigenvalue weighted by atomic mass is 10.0. The summed E-state index contributed by atoms with van der Waals surface area (Å²) in [5.41, 5.74) is 0. The maximum atomic E-state index is 12.4. The van der Waals surface area contributed by atoms with Gasteiger partial charge in [-0.15, -0.1) is 0 Å². The van der Waals surface area contributed by atoms with Gasteiger partial charge in [0.1, 0.15) is 0 Å². The summed E-state index contributed by atoms with van der Waals surface area (Å²) in [6.07, 6.45) is 66.4. The number of rotatable bonds is 54. The molecule has 0 heterocycles. The summed E-state index contributed by atoms with van der Waals surface area (Å²) >= 11 is 0. The van der Waals surface area contributed by atoms with E-state index in [1.165, 1.54) is 244 Å². The number of aliphatic hydroxyl groups is 2. The number of nitrogens with one attached hydrogen (secondary N) is 1. The number of esters is 1. The normalized spacial score (nSPS) is 12.7. The fourth-order valence-electron chi connectivity index (χ4n) is 8.97. The summed E-state index contributed by atoms with van der Waals surface area (Å²) in [5, 5.41) is 23.0. The van der Waals surface area contributed by atoms with Crippen LogP contribution in [-0.2, 0) is 14.3 Å². The zero-order valence-electron chi connectivity index (χ0n) is 43.7. The van der Waals surface area contributed by atoms with E-state index in [-0.39, 0.29) is 18.5 Å². The van der Waals surface area contributed by atoms with Gasteiger partial charge in [0.15, 0.2) is 0 Å². The van der Waals surface area contributed by atoms with Crippen molar-refractivity contribution in [3.05, 3.63) is 24.3 Å². The van der Waals surface area contributed by atoms with E-state index in [4.69, 9.17) is 4.74 Å². The minimum Gasteiger partial charge on any atom is -0.466 e. The molecule has 65 heavy (non-hydrogen) atoms. The Hall–Kier alpha value is -1.66. The number of unbranched alkanes of at least 4 members (excludes halogenated alkanes) is 41. The van der Waals surface area contributed by atoms with E-state index in [1.54, 1.807) is 6.08 Å². The molecule has 0 aromatic carbocycles. The lowest BCUT2D eigenvalue weighted by molar-refractivity contribution is -0.143. The first-order chi connectivity index (χ1) is 32.0. The van der Waals surface area contributed by atoms with Gasteiger partial charge < -0.3 is 20.3 Å². The van der Waals surface area contributed by atoms with Crippen molar-refractivity contribution in [3.63, 3.8) is 0 Å². The molecule has 0 aromatic rings. The molecule has 0 aromatic heterocycles. The molecule has 0 aliphatic carbocycles. The smallest absolute Gasteiger partial charge is 0.305 e. The Morgan fingerprint density at radius 1 is 0.415 bits per heavy atom. The number of amides is 1. The van der Waals surface area contributed by atoms with Gasteiger partial charge in [-0.2, -0.15) is 0 Å². The number of aliphatic hydroxyl groups excluding tert-OH is 2. The summed E-state index contributed by atoms with van der Waals surface area (Å²) < 4.78 is 5.46. The Balaban J connectivity index is 3.37. The lowest BCUT2D eigenvalue weighted by Crippen LogP contribution is -2.45. The Kier molecular flexibility index (Phi) is 53.5. The van der Waals surface area contributed by atoms with Gasteiger partial charge in [0.2, 0.25) is 5.91 Å². The molecule has 0 spiro atoms. The Morgan fingerprint density at radius 2 is 0.738 bits per heavy atom. The summed E-state index contributed by atoms with van der Waals surface area (Å²) in [5.74, 6) is -0.0616. The van der Waals surface area contributed by atoms with Crippen LogP contribution < -0.4 is 5.32 Å². The number of hydrogen-bond donors (Lipinski definition) is 3. The minimum absolute atomic E-state index is 0.00472. The first kappa shape index (κ1) is 63.3. The van der Waals surface area contributed by atoms with Gasteiger partial charge >= 0.3 is 5.97 Å². The summed E-state index contributed by atoms with van der Waals surface area (Å²) in [6.45, 7) is 4.87. The highest BCUT2D eigenvalue weighted by atomic mass is 16.5. The van der Waals surface area contributed by atoms with Crippen molar-refractivity contribution in [1.29, 1.82) is 0 Å². The van der Waals surface area contributed by atoms with Crippen molar-refractivity contribution < 1.29 is 24.5 Å². The molecule has 6 nitrogen and oxygen atoms in total. The summed E-state index contributed by atoms with van der Waals surface area (Å²) in [6, 6.07) is -0.625. The van der Waals surface area contributed by atoms with Crippen molar-refractivity contribution >= 4 is 11.9 Å². The number of carbonyl (C=O) groups is 2. The van der Waals surface area contributed by atoms with E-state index in [2.05, 4.69) is 31.3 Å². The van der Waals surface area contributed by atoms with E-state index < -0.39 is 12.1 Å². The average Bonchev–Trinajstić information content (AvgIpc) is 3.31. The first-order valence-electron chi connectivity index (χ1n) is 29.1. The van der Waals surface area contributed by atoms with Crippen LogP contribution in [0, 0.1) is 0 Å². The first-order valence-corrected chi connectivity index (χ1v) is 29.1. The molecule has 0 saturated carbocycles.